The van der Waals surface area contributed by atoms with E-state index in [4.69, 9.17) is 5.73 Å². The highest BCUT2D eigenvalue weighted by Crippen LogP contribution is 2.20. The average molecular weight is 250 g/mol. The number of anilines is 1. The van der Waals surface area contributed by atoms with Crippen molar-refractivity contribution in [1.82, 2.24) is 14.8 Å². The van der Waals surface area contributed by atoms with Crippen molar-refractivity contribution in [1.29, 1.82) is 0 Å². The van der Waals surface area contributed by atoms with Gasteiger partial charge in [0.1, 0.15) is 0 Å². The van der Waals surface area contributed by atoms with Crippen molar-refractivity contribution in [3.05, 3.63) is 60.6 Å². The number of rotatable bonds is 2. The lowest BCUT2D eigenvalue weighted by molar-refractivity contribution is 0.845. The Balaban J connectivity index is 1.97. The number of nitrogens with zero attached hydrogens (tertiary/aromatic N) is 3. The van der Waals surface area contributed by atoms with E-state index in [9.17, 15) is 0 Å². The van der Waals surface area contributed by atoms with E-state index in [2.05, 4.69) is 10.1 Å². The summed E-state index contributed by atoms with van der Waals surface area (Å²) in [6.45, 7) is 2.04. The Morgan fingerprint density at radius 1 is 1.05 bits per heavy atom. The van der Waals surface area contributed by atoms with Crippen LogP contribution >= 0.6 is 0 Å². The number of aryl methyl sites for hydroxylation is 1. The van der Waals surface area contributed by atoms with E-state index in [1.165, 1.54) is 0 Å². The summed E-state index contributed by atoms with van der Waals surface area (Å²) in [4.78, 5) is 4.31. The maximum atomic E-state index is 5.69. The Hall–Kier alpha value is -2.62. The minimum Gasteiger partial charge on any atom is -0.399 e. The zero-order valence-corrected chi connectivity index (χ0v) is 10.6. The summed E-state index contributed by atoms with van der Waals surface area (Å²) in [6, 6.07) is 11.7. The number of benzene rings is 1. The van der Waals surface area contributed by atoms with E-state index in [1.54, 1.807) is 10.9 Å². The van der Waals surface area contributed by atoms with Crippen molar-refractivity contribution < 1.29 is 0 Å². The lowest BCUT2D eigenvalue weighted by atomic mass is 10.1. The van der Waals surface area contributed by atoms with Crippen molar-refractivity contribution in [2.75, 3.05) is 5.73 Å². The van der Waals surface area contributed by atoms with Gasteiger partial charge in [0.25, 0.3) is 0 Å². The molecule has 0 spiro atoms. The average Bonchev–Trinajstić information content (AvgIpc) is 2.89. The first-order valence-corrected chi connectivity index (χ1v) is 6.06. The highest BCUT2D eigenvalue weighted by Gasteiger charge is 2.04. The first-order chi connectivity index (χ1) is 9.22. The van der Waals surface area contributed by atoms with Gasteiger partial charge < -0.3 is 5.73 Å². The Morgan fingerprint density at radius 2 is 1.84 bits per heavy atom. The van der Waals surface area contributed by atoms with Crippen LogP contribution in [0.3, 0.4) is 0 Å². The van der Waals surface area contributed by atoms with E-state index in [1.807, 2.05) is 55.7 Å². The molecule has 0 saturated heterocycles. The third-order valence-electron chi connectivity index (χ3n) is 2.96. The van der Waals surface area contributed by atoms with Crippen LogP contribution in [0.2, 0.25) is 0 Å². The minimum atomic E-state index is 0.761. The van der Waals surface area contributed by atoms with Crippen LogP contribution in [-0.4, -0.2) is 14.8 Å². The zero-order chi connectivity index (χ0) is 13.2. The fourth-order valence-electron chi connectivity index (χ4n) is 1.92. The van der Waals surface area contributed by atoms with Crippen LogP contribution in [0.1, 0.15) is 5.56 Å². The van der Waals surface area contributed by atoms with Crippen LogP contribution in [0.15, 0.2) is 55.0 Å². The van der Waals surface area contributed by atoms with Crippen LogP contribution in [0.4, 0.5) is 5.69 Å². The fourth-order valence-corrected chi connectivity index (χ4v) is 1.92. The normalized spacial score (nSPS) is 10.6. The quantitative estimate of drug-likeness (QED) is 0.711. The molecule has 0 fully saturated rings. The Kier molecular flexibility index (Phi) is 2.76. The molecule has 2 heterocycles. The summed E-state index contributed by atoms with van der Waals surface area (Å²) in [5, 5.41) is 4.35. The van der Waals surface area contributed by atoms with Gasteiger partial charge in [-0.15, -0.1) is 0 Å². The van der Waals surface area contributed by atoms with E-state index >= 15 is 0 Å². The molecule has 94 valence electrons. The summed E-state index contributed by atoms with van der Waals surface area (Å²) in [5.74, 6) is 0.821. The van der Waals surface area contributed by atoms with Gasteiger partial charge >= 0.3 is 0 Å². The number of nitrogen functional groups attached to an aromatic ring is 1. The largest absolute Gasteiger partial charge is 0.399 e. The number of hydrogen-bond acceptors (Lipinski definition) is 3. The molecule has 1 aromatic carbocycles. The van der Waals surface area contributed by atoms with Crippen molar-refractivity contribution in [3.63, 3.8) is 0 Å². The number of hydrogen-bond donors (Lipinski definition) is 1. The molecule has 3 aromatic rings. The molecule has 4 heteroatoms. The van der Waals surface area contributed by atoms with Crippen LogP contribution in [0, 0.1) is 6.92 Å². The molecule has 0 aliphatic heterocycles. The summed E-state index contributed by atoms with van der Waals surface area (Å²) in [7, 11) is 0. The fraction of sp³-hybridized carbons (Fsp3) is 0.0667. The third kappa shape index (κ3) is 2.33. The van der Waals surface area contributed by atoms with E-state index < -0.39 is 0 Å². The van der Waals surface area contributed by atoms with Gasteiger partial charge in [-0.05, 0) is 42.3 Å². The monoisotopic (exact) mass is 250 g/mol. The number of pyridine rings is 1. The predicted molar refractivity (Wildman–Crippen MR) is 75.9 cm³/mol. The van der Waals surface area contributed by atoms with Crippen molar-refractivity contribution in [2.24, 2.45) is 0 Å². The van der Waals surface area contributed by atoms with Crippen molar-refractivity contribution >= 4 is 5.69 Å². The molecular weight excluding hydrogens is 236 g/mol. The van der Waals surface area contributed by atoms with Gasteiger partial charge in [0, 0.05) is 23.6 Å². The van der Waals surface area contributed by atoms with E-state index in [-0.39, 0.29) is 0 Å². The molecular formula is C15H14N4. The summed E-state index contributed by atoms with van der Waals surface area (Å²) in [5.41, 5.74) is 9.74. The maximum Gasteiger partial charge on any atom is 0.153 e. The molecule has 2 N–H and O–H groups in total. The van der Waals surface area contributed by atoms with Gasteiger partial charge in [0.05, 0.1) is 6.20 Å². The second-order valence-electron chi connectivity index (χ2n) is 4.49. The van der Waals surface area contributed by atoms with Gasteiger partial charge in [-0.3, -0.25) is 0 Å². The molecule has 0 bridgehead atoms. The predicted octanol–water partition coefficient (Wildman–Crippen LogP) is 2.82. The molecule has 3 rings (SSSR count). The smallest absolute Gasteiger partial charge is 0.153 e. The summed E-state index contributed by atoms with van der Waals surface area (Å²) in [6.07, 6.45) is 5.58. The molecule has 0 unspecified atom stereocenters. The van der Waals surface area contributed by atoms with E-state index in [0.717, 1.165) is 28.2 Å². The second kappa shape index (κ2) is 4.57. The van der Waals surface area contributed by atoms with Crippen LogP contribution < -0.4 is 5.73 Å². The van der Waals surface area contributed by atoms with Gasteiger partial charge in [0.2, 0.25) is 0 Å². The SMILES string of the molecule is Cc1ccnc(-n2cc(-c3ccc(N)cc3)cn2)c1. The van der Waals surface area contributed by atoms with Crippen molar-refractivity contribution in [2.45, 2.75) is 6.92 Å². The summed E-state index contributed by atoms with van der Waals surface area (Å²) >= 11 is 0. The van der Waals surface area contributed by atoms with Gasteiger partial charge in [-0.25, -0.2) is 9.67 Å². The molecule has 0 aliphatic rings. The van der Waals surface area contributed by atoms with Crippen LogP contribution in [-0.2, 0) is 0 Å². The molecule has 19 heavy (non-hydrogen) atoms. The molecule has 4 nitrogen and oxygen atoms in total. The van der Waals surface area contributed by atoms with Crippen LogP contribution in [0.25, 0.3) is 16.9 Å². The Morgan fingerprint density at radius 3 is 2.58 bits per heavy atom. The lowest BCUT2D eigenvalue weighted by Crippen LogP contribution is -1.97. The van der Waals surface area contributed by atoms with Crippen LogP contribution in [0.5, 0.6) is 0 Å². The Bertz CT molecular complexity index is 698. The highest BCUT2D eigenvalue weighted by molar-refractivity contribution is 5.64. The maximum absolute atomic E-state index is 5.69. The zero-order valence-electron chi connectivity index (χ0n) is 10.6. The molecule has 0 aliphatic carbocycles. The van der Waals surface area contributed by atoms with Gasteiger partial charge in [0.15, 0.2) is 5.82 Å². The molecule has 0 amide bonds. The first-order valence-electron chi connectivity index (χ1n) is 6.06. The lowest BCUT2D eigenvalue weighted by Gasteiger charge is -2.00. The van der Waals surface area contributed by atoms with Crippen molar-refractivity contribution in [3.8, 4) is 16.9 Å². The van der Waals surface area contributed by atoms with E-state index in [0.29, 0.717) is 0 Å². The topological polar surface area (TPSA) is 56.7 Å². The second-order valence-corrected chi connectivity index (χ2v) is 4.49. The first kappa shape index (κ1) is 11.5. The third-order valence-corrected chi connectivity index (χ3v) is 2.96. The summed E-state index contributed by atoms with van der Waals surface area (Å²) < 4.78 is 1.78. The number of nitrogens with two attached hydrogens (primary N) is 1. The Labute approximate surface area is 111 Å². The molecule has 0 radical (unpaired) electrons. The molecule has 0 saturated carbocycles. The standard InChI is InChI=1S/C15H14N4/c1-11-6-7-17-15(8-11)19-10-13(9-18-19)12-2-4-14(16)5-3-12/h2-10H,16H2,1H3. The molecule has 0 atom stereocenters. The number of aromatic nitrogens is 3. The minimum absolute atomic E-state index is 0.761. The van der Waals surface area contributed by atoms with Gasteiger partial charge in [-0.1, -0.05) is 12.1 Å². The highest BCUT2D eigenvalue weighted by atomic mass is 15.3. The van der Waals surface area contributed by atoms with Gasteiger partial charge in [-0.2, -0.15) is 5.10 Å². The molecule has 2 aromatic heterocycles.